The van der Waals surface area contributed by atoms with E-state index in [0.717, 1.165) is 11.3 Å². The monoisotopic (exact) mass is 365 g/mol. The number of hydrogen-bond donors (Lipinski definition) is 2. The Kier molecular flexibility index (Phi) is 6.11. The predicted octanol–water partition coefficient (Wildman–Crippen LogP) is 2.80. The van der Waals surface area contributed by atoms with E-state index in [1.54, 1.807) is 29.8 Å². The number of rotatable bonds is 7. The maximum absolute atomic E-state index is 12.7. The van der Waals surface area contributed by atoms with Crippen molar-refractivity contribution in [3.63, 3.8) is 0 Å². The van der Waals surface area contributed by atoms with Crippen molar-refractivity contribution < 1.29 is 9.59 Å². The van der Waals surface area contributed by atoms with Gasteiger partial charge in [0.05, 0.1) is 17.7 Å². The van der Waals surface area contributed by atoms with Gasteiger partial charge in [-0.15, -0.1) is 11.3 Å². The minimum Gasteiger partial charge on any atom is -0.349 e. The number of thiazole rings is 1. The summed E-state index contributed by atoms with van der Waals surface area (Å²) in [6.07, 6.45) is 0.419. The summed E-state index contributed by atoms with van der Waals surface area (Å²) in [5.74, 6) is -0.499. The summed E-state index contributed by atoms with van der Waals surface area (Å²) >= 11 is 1.48. The van der Waals surface area contributed by atoms with Crippen LogP contribution in [0.4, 0.5) is 0 Å². The summed E-state index contributed by atoms with van der Waals surface area (Å²) < 4.78 is 0. The van der Waals surface area contributed by atoms with Gasteiger partial charge in [-0.1, -0.05) is 48.5 Å². The zero-order valence-corrected chi connectivity index (χ0v) is 14.9. The van der Waals surface area contributed by atoms with Crippen LogP contribution in [0.1, 0.15) is 21.6 Å². The van der Waals surface area contributed by atoms with Gasteiger partial charge in [0, 0.05) is 17.4 Å². The lowest BCUT2D eigenvalue weighted by atomic mass is 10.0. The normalized spacial score (nSPS) is 11.5. The largest absolute Gasteiger partial charge is 0.349 e. The lowest BCUT2D eigenvalue weighted by molar-refractivity contribution is -0.123. The summed E-state index contributed by atoms with van der Waals surface area (Å²) in [5.41, 5.74) is 4.03. The Balaban J connectivity index is 1.70. The number of benzene rings is 2. The molecule has 26 heavy (non-hydrogen) atoms. The second kappa shape index (κ2) is 8.92. The molecule has 3 aromatic rings. The maximum atomic E-state index is 12.7. The summed E-state index contributed by atoms with van der Waals surface area (Å²) in [6.45, 7) is 0.342. The average Bonchev–Trinajstić information content (AvgIpc) is 3.20. The molecule has 0 aliphatic carbocycles. The van der Waals surface area contributed by atoms with Crippen LogP contribution < -0.4 is 10.6 Å². The number of carbonyl (C=O) groups is 2. The van der Waals surface area contributed by atoms with Crippen molar-refractivity contribution in [2.24, 2.45) is 0 Å². The van der Waals surface area contributed by atoms with Crippen molar-refractivity contribution in [1.82, 2.24) is 15.6 Å². The molecule has 2 amide bonds. The number of nitrogens with zero attached hydrogens (tertiary/aromatic N) is 1. The first-order chi connectivity index (χ1) is 12.7. The van der Waals surface area contributed by atoms with Gasteiger partial charge in [-0.2, -0.15) is 0 Å². The zero-order chi connectivity index (χ0) is 18.2. The quantitative estimate of drug-likeness (QED) is 0.676. The highest BCUT2D eigenvalue weighted by Crippen LogP contribution is 2.07. The molecular weight excluding hydrogens is 346 g/mol. The van der Waals surface area contributed by atoms with Gasteiger partial charge in [0.1, 0.15) is 6.04 Å². The van der Waals surface area contributed by atoms with Crippen LogP contribution in [0.3, 0.4) is 0 Å². The van der Waals surface area contributed by atoms with Crippen molar-refractivity contribution in [1.29, 1.82) is 0 Å². The van der Waals surface area contributed by atoms with Gasteiger partial charge in [-0.3, -0.25) is 9.59 Å². The molecule has 2 N–H and O–H groups in total. The number of aromatic nitrogens is 1. The van der Waals surface area contributed by atoms with Gasteiger partial charge in [0.15, 0.2) is 0 Å². The van der Waals surface area contributed by atoms with Gasteiger partial charge in [-0.25, -0.2) is 4.98 Å². The molecule has 3 rings (SSSR count). The van der Waals surface area contributed by atoms with Crippen LogP contribution in [0, 0.1) is 0 Å². The Hall–Kier alpha value is -2.99. The third-order valence-electron chi connectivity index (χ3n) is 3.87. The first kappa shape index (κ1) is 17.8. The molecule has 0 saturated carbocycles. The van der Waals surface area contributed by atoms with E-state index in [2.05, 4.69) is 15.6 Å². The highest BCUT2D eigenvalue weighted by atomic mass is 32.1. The summed E-state index contributed by atoms with van der Waals surface area (Å²) in [4.78, 5) is 29.3. The second-order valence-corrected chi connectivity index (χ2v) is 6.50. The topological polar surface area (TPSA) is 71.1 Å². The molecule has 0 bridgehead atoms. The molecule has 5 nitrogen and oxygen atoms in total. The highest BCUT2D eigenvalue weighted by Gasteiger charge is 2.21. The van der Waals surface area contributed by atoms with E-state index >= 15 is 0 Å². The first-order valence-corrected chi connectivity index (χ1v) is 9.21. The van der Waals surface area contributed by atoms with Crippen LogP contribution in [0.25, 0.3) is 0 Å². The molecule has 132 valence electrons. The number of carbonyl (C=O) groups excluding carboxylic acids is 2. The van der Waals surface area contributed by atoms with Crippen LogP contribution in [0.15, 0.2) is 71.6 Å². The fraction of sp³-hybridized carbons (Fsp3) is 0.150. The molecule has 0 aliphatic rings. The van der Waals surface area contributed by atoms with Gasteiger partial charge < -0.3 is 10.6 Å². The van der Waals surface area contributed by atoms with Gasteiger partial charge in [-0.05, 0) is 17.7 Å². The minimum absolute atomic E-state index is 0.230. The lowest BCUT2D eigenvalue weighted by Crippen LogP contribution is -2.47. The number of amides is 2. The van der Waals surface area contributed by atoms with Crippen LogP contribution in [0.5, 0.6) is 0 Å². The molecule has 0 fully saturated rings. The van der Waals surface area contributed by atoms with Crippen LogP contribution in [-0.4, -0.2) is 22.8 Å². The summed E-state index contributed by atoms with van der Waals surface area (Å²) in [5, 5.41) is 7.58. The van der Waals surface area contributed by atoms with E-state index < -0.39 is 6.04 Å². The van der Waals surface area contributed by atoms with E-state index in [-0.39, 0.29) is 11.8 Å². The summed E-state index contributed by atoms with van der Waals surface area (Å²) in [6, 6.07) is 17.9. The molecule has 0 radical (unpaired) electrons. The van der Waals surface area contributed by atoms with Crippen molar-refractivity contribution in [2.75, 3.05) is 0 Å². The molecule has 1 aromatic heterocycles. The molecule has 2 aromatic carbocycles. The lowest BCUT2D eigenvalue weighted by Gasteiger charge is -2.18. The SMILES string of the molecule is O=C(N[C@H](Cc1ccccc1)C(=O)NCc1cscn1)c1ccccc1. The van der Waals surface area contributed by atoms with Crippen molar-refractivity contribution >= 4 is 23.2 Å². The summed E-state index contributed by atoms with van der Waals surface area (Å²) in [7, 11) is 0. The van der Waals surface area contributed by atoms with E-state index in [1.165, 1.54) is 11.3 Å². The van der Waals surface area contributed by atoms with Crippen LogP contribution in [0.2, 0.25) is 0 Å². The molecule has 0 spiro atoms. The molecule has 0 saturated heterocycles. The van der Waals surface area contributed by atoms with E-state index in [4.69, 9.17) is 0 Å². The Morgan fingerprint density at radius 3 is 2.35 bits per heavy atom. The smallest absolute Gasteiger partial charge is 0.251 e. The predicted molar refractivity (Wildman–Crippen MR) is 102 cm³/mol. The first-order valence-electron chi connectivity index (χ1n) is 8.27. The van der Waals surface area contributed by atoms with Crippen LogP contribution >= 0.6 is 11.3 Å². The standard InChI is InChI=1S/C20H19N3O2S/c24-19(16-9-5-2-6-10-16)23-18(11-15-7-3-1-4-8-15)20(25)21-12-17-13-26-14-22-17/h1-10,13-14,18H,11-12H2,(H,21,25)(H,23,24)/t18-/m1/s1. The zero-order valence-electron chi connectivity index (χ0n) is 14.1. The Labute approximate surface area is 156 Å². The van der Waals surface area contributed by atoms with E-state index in [1.807, 2.05) is 41.8 Å². The van der Waals surface area contributed by atoms with E-state index in [9.17, 15) is 9.59 Å². The molecule has 6 heteroatoms. The number of hydrogen-bond acceptors (Lipinski definition) is 4. The Morgan fingerprint density at radius 1 is 1.00 bits per heavy atom. The van der Waals surface area contributed by atoms with Gasteiger partial charge >= 0.3 is 0 Å². The Morgan fingerprint density at radius 2 is 1.69 bits per heavy atom. The van der Waals surface area contributed by atoms with Gasteiger partial charge in [0.25, 0.3) is 5.91 Å². The van der Waals surface area contributed by atoms with Crippen molar-refractivity contribution in [3.05, 3.63) is 88.4 Å². The van der Waals surface area contributed by atoms with Crippen molar-refractivity contribution in [3.8, 4) is 0 Å². The molecule has 1 heterocycles. The molecule has 1 atom stereocenters. The molecule has 0 aliphatic heterocycles. The van der Waals surface area contributed by atoms with Crippen LogP contribution in [-0.2, 0) is 17.8 Å². The third-order valence-corrected chi connectivity index (χ3v) is 4.50. The minimum atomic E-state index is -0.663. The van der Waals surface area contributed by atoms with Crippen molar-refractivity contribution in [2.45, 2.75) is 19.0 Å². The second-order valence-electron chi connectivity index (χ2n) is 5.78. The molecule has 0 unspecified atom stereocenters. The number of nitrogens with one attached hydrogen (secondary N) is 2. The van der Waals surface area contributed by atoms with Gasteiger partial charge in [0.2, 0.25) is 5.91 Å². The fourth-order valence-corrected chi connectivity index (χ4v) is 3.07. The average molecular weight is 365 g/mol. The molecular formula is C20H19N3O2S. The highest BCUT2D eigenvalue weighted by molar-refractivity contribution is 7.07. The fourth-order valence-electron chi connectivity index (χ4n) is 2.52. The van der Waals surface area contributed by atoms with E-state index in [0.29, 0.717) is 18.5 Å². The Bertz CT molecular complexity index is 836. The maximum Gasteiger partial charge on any atom is 0.251 e. The third kappa shape index (κ3) is 5.00.